The van der Waals surface area contributed by atoms with Crippen molar-refractivity contribution in [3.05, 3.63) is 247 Å². The molecule has 0 saturated heterocycles. The number of carbonyl (C=O) groups excluding carboxylic acids is 5. The van der Waals surface area contributed by atoms with Gasteiger partial charge < -0.3 is 59.3 Å². The van der Waals surface area contributed by atoms with Crippen LogP contribution >= 0.6 is 0 Å². The van der Waals surface area contributed by atoms with Crippen LogP contribution in [0.1, 0.15) is 52.3 Å². The van der Waals surface area contributed by atoms with Crippen molar-refractivity contribution in [3.63, 3.8) is 0 Å². The molecule has 6 N–H and O–H groups in total. The van der Waals surface area contributed by atoms with Crippen LogP contribution in [0.2, 0.25) is 0 Å². The maximum Gasteiger partial charge on any atom is 0.275 e. The number of rotatable bonds is 12. The van der Waals surface area contributed by atoms with Crippen molar-refractivity contribution in [2.45, 2.75) is 0 Å². The number of hydrogen-bond acceptors (Lipinski definition) is 12. The SMILES string of the molecule is CN(C)c1ccc2nc(C(=O)Nc3cc(F)ccc3F)cn2c1.CN(C)c1ccc2nc(C(=O)Nc3cccc(F)c3)cn2c1.CN(C)c1ccc2nc(C(=O)Nc3cccc(F)c3F)cn2c1.NC(=O)c1ccc2nc(C(=O)Nc3ccccc3)cn2c1. The lowest BCUT2D eigenvalue weighted by Crippen LogP contribution is -2.13. The molecule has 0 atom stereocenters. The minimum absolute atomic E-state index is 0.115. The molecule has 8 aromatic heterocycles. The summed E-state index contributed by atoms with van der Waals surface area (Å²) in [6, 6.07) is 35.6. The number of hydrogen-bond donors (Lipinski definition) is 5. The summed E-state index contributed by atoms with van der Waals surface area (Å²) in [5.74, 6) is -6.29. The first kappa shape index (κ1) is 61.6. The highest BCUT2D eigenvalue weighted by Gasteiger charge is 2.18. The van der Waals surface area contributed by atoms with Crippen LogP contribution in [-0.4, -0.2) is 109 Å². The molecule has 0 spiro atoms. The van der Waals surface area contributed by atoms with Crippen molar-refractivity contribution in [1.29, 1.82) is 0 Å². The number of imidazole rings is 4. The van der Waals surface area contributed by atoms with E-state index in [1.807, 2.05) is 118 Å². The number of anilines is 7. The molecule has 452 valence electrons. The number of nitrogens with zero attached hydrogens (tertiary/aromatic N) is 11. The zero-order chi connectivity index (χ0) is 63.6. The Balaban J connectivity index is 0.000000141. The summed E-state index contributed by atoms with van der Waals surface area (Å²) in [6.45, 7) is 0. The van der Waals surface area contributed by atoms with Gasteiger partial charge in [-0.15, -0.1) is 0 Å². The number of para-hydroxylation sites is 1. The second-order valence-corrected chi connectivity index (χ2v) is 20.1. The van der Waals surface area contributed by atoms with E-state index in [1.165, 1.54) is 42.7 Å². The Hall–Kier alpha value is -12.0. The van der Waals surface area contributed by atoms with E-state index < -0.39 is 46.8 Å². The first-order valence-electron chi connectivity index (χ1n) is 26.8. The Kier molecular flexibility index (Phi) is 18.7. The average Bonchev–Trinajstić information content (AvgIpc) is 2.82. The van der Waals surface area contributed by atoms with E-state index in [4.69, 9.17) is 5.73 Å². The monoisotopic (exact) mass is 1210 g/mol. The zero-order valence-electron chi connectivity index (χ0n) is 48.3. The fraction of sp³-hybridized carbons (Fsp3) is 0.0952. The van der Waals surface area contributed by atoms with E-state index in [0.717, 1.165) is 41.3 Å². The summed E-state index contributed by atoms with van der Waals surface area (Å²) >= 11 is 0. The predicted molar refractivity (Wildman–Crippen MR) is 330 cm³/mol. The highest BCUT2D eigenvalue weighted by molar-refractivity contribution is 6.05. The van der Waals surface area contributed by atoms with Crippen LogP contribution in [0.25, 0.3) is 22.6 Å². The fourth-order valence-electron chi connectivity index (χ4n) is 8.35. The van der Waals surface area contributed by atoms with Gasteiger partial charge in [-0.05, 0) is 103 Å². The van der Waals surface area contributed by atoms with Gasteiger partial charge in [-0.1, -0.05) is 30.3 Å². The number of carbonyl (C=O) groups is 5. The summed E-state index contributed by atoms with van der Waals surface area (Å²) in [5, 5.41) is 10.0. The molecule has 5 amide bonds. The Morgan fingerprint density at radius 1 is 0.382 bits per heavy atom. The number of primary amides is 1. The summed E-state index contributed by atoms with van der Waals surface area (Å²) < 4.78 is 73.4. The van der Waals surface area contributed by atoms with Crippen LogP contribution in [0.4, 0.5) is 61.8 Å². The molecule has 0 aliphatic rings. The largest absolute Gasteiger partial charge is 0.376 e. The highest BCUT2D eigenvalue weighted by atomic mass is 19.2. The van der Waals surface area contributed by atoms with Crippen LogP contribution in [-0.2, 0) is 0 Å². The molecule has 12 aromatic rings. The maximum absolute atomic E-state index is 13.6. The minimum Gasteiger partial charge on any atom is -0.376 e. The number of fused-ring (bicyclic) bond motifs is 4. The number of nitrogens with two attached hydrogens (primary N) is 1. The van der Waals surface area contributed by atoms with E-state index in [2.05, 4.69) is 41.2 Å². The number of benzene rings is 4. The summed E-state index contributed by atoms with van der Waals surface area (Å²) in [5.41, 5.74) is 12.3. The molecule has 0 aliphatic heterocycles. The molecular weight excluding hydrogens is 1160 g/mol. The van der Waals surface area contributed by atoms with Gasteiger partial charge in [0.15, 0.2) is 11.6 Å². The van der Waals surface area contributed by atoms with Gasteiger partial charge >= 0.3 is 0 Å². The molecule has 0 unspecified atom stereocenters. The van der Waals surface area contributed by atoms with E-state index in [0.29, 0.717) is 39.5 Å². The van der Waals surface area contributed by atoms with Crippen molar-refractivity contribution in [2.75, 3.05) is 78.3 Å². The molecular formula is C63H55F5N16O5. The molecule has 0 fully saturated rings. The zero-order valence-corrected chi connectivity index (χ0v) is 48.3. The Labute approximate surface area is 504 Å². The van der Waals surface area contributed by atoms with Gasteiger partial charge in [0.05, 0.1) is 34.0 Å². The van der Waals surface area contributed by atoms with Crippen LogP contribution in [0.15, 0.2) is 189 Å². The fourth-order valence-corrected chi connectivity index (χ4v) is 8.35. The predicted octanol–water partition coefficient (Wildman–Crippen LogP) is 10.3. The molecule has 89 heavy (non-hydrogen) atoms. The Bertz CT molecular complexity index is 4500. The summed E-state index contributed by atoms with van der Waals surface area (Å²) in [7, 11) is 11.5. The molecule has 21 nitrogen and oxygen atoms in total. The van der Waals surface area contributed by atoms with E-state index in [-0.39, 0.29) is 46.0 Å². The molecule has 0 radical (unpaired) electrons. The van der Waals surface area contributed by atoms with Crippen LogP contribution in [0, 0.1) is 29.1 Å². The van der Waals surface area contributed by atoms with Crippen molar-refractivity contribution in [3.8, 4) is 0 Å². The smallest absolute Gasteiger partial charge is 0.275 e. The summed E-state index contributed by atoms with van der Waals surface area (Å²) in [6.07, 6.45) is 13.4. The first-order chi connectivity index (χ1) is 42.5. The third kappa shape index (κ3) is 15.3. The molecule has 4 aromatic carbocycles. The quantitative estimate of drug-likeness (QED) is 0.0718. The van der Waals surface area contributed by atoms with E-state index in [1.54, 1.807) is 78.7 Å². The second kappa shape index (κ2) is 27.0. The Morgan fingerprint density at radius 3 is 1.25 bits per heavy atom. The summed E-state index contributed by atoms with van der Waals surface area (Å²) in [4.78, 5) is 82.4. The van der Waals surface area contributed by atoms with Crippen LogP contribution in [0.5, 0.6) is 0 Å². The molecule has 0 aliphatic carbocycles. The second-order valence-electron chi connectivity index (χ2n) is 20.1. The van der Waals surface area contributed by atoms with Crippen LogP contribution in [0.3, 0.4) is 0 Å². The highest BCUT2D eigenvalue weighted by Crippen LogP contribution is 2.22. The molecule has 12 rings (SSSR count). The maximum atomic E-state index is 13.6. The lowest BCUT2D eigenvalue weighted by atomic mass is 10.3. The normalized spacial score (nSPS) is 10.7. The third-order valence-electron chi connectivity index (χ3n) is 13.0. The first-order valence-corrected chi connectivity index (χ1v) is 26.8. The van der Waals surface area contributed by atoms with E-state index in [9.17, 15) is 45.9 Å². The van der Waals surface area contributed by atoms with Gasteiger partial charge in [0.25, 0.3) is 23.6 Å². The van der Waals surface area contributed by atoms with Crippen molar-refractivity contribution >= 4 is 91.9 Å². The van der Waals surface area contributed by atoms with Gasteiger partial charge in [0, 0.05) is 109 Å². The molecule has 0 bridgehead atoms. The lowest BCUT2D eigenvalue weighted by Gasteiger charge is -2.11. The van der Waals surface area contributed by atoms with Gasteiger partial charge in [-0.25, -0.2) is 41.9 Å². The number of aromatic nitrogens is 8. The molecule has 0 saturated carbocycles. The van der Waals surface area contributed by atoms with Gasteiger partial charge in [0.1, 0.15) is 62.8 Å². The lowest BCUT2D eigenvalue weighted by molar-refractivity contribution is 0.0994. The number of halogens is 5. The number of amides is 5. The van der Waals surface area contributed by atoms with Gasteiger partial charge in [-0.3, -0.25) is 24.0 Å². The van der Waals surface area contributed by atoms with Gasteiger partial charge in [-0.2, -0.15) is 0 Å². The van der Waals surface area contributed by atoms with Crippen molar-refractivity contribution in [2.24, 2.45) is 5.73 Å². The van der Waals surface area contributed by atoms with Crippen molar-refractivity contribution < 1.29 is 45.9 Å². The third-order valence-corrected chi connectivity index (χ3v) is 13.0. The molecule has 8 heterocycles. The number of nitrogens with one attached hydrogen (secondary N) is 4. The van der Waals surface area contributed by atoms with Gasteiger partial charge in [0.2, 0.25) is 5.91 Å². The number of pyridine rings is 4. The minimum atomic E-state index is -1.10. The standard InChI is InChI=1S/2C16H14F2N4O.C16H15FN4O.C15H12N4O2/c1-21(2)11-4-6-15-19-14(9-22(15)8-11)16(23)20-13-7-10(17)3-5-12(13)18;1-21(2)10-6-7-14-19-13(9-22(14)8-10)16(23)20-12-5-3-4-11(17)15(12)18;1-20(2)13-6-7-15-19-14(10-21(15)9-13)16(22)18-12-5-3-4-11(17)8-12;16-14(20)10-6-7-13-18-12(9-19(13)8-10)15(21)17-11-4-2-1-3-5-11/h2*3-9H,1-2H3,(H,20,23);3-10H,1-2H3,(H,18,22);1-9H,(H2,16,20)(H,17,21). The van der Waals surface area contributed by atoms with E-state index >= 15 is 0 Å². The topological polar surface area (TPSA) is 238 Å². The Morgan fingerprint density at radius 2 is 0.787 bits per heavy atom. The van der Waals surface area contributed by atoms with Crippen LogP contribution < -0.4 is 41.7 Å². The van der Waals surface area contributed by atoms with Crippen molar-refractivity contribution in [1.82, 2.24) is 37.5 Å². The molecule has 26 heteroatoms. The average molecular weight is 1210 g/mol.